The Balaban J connectivity index is 2.89. The Kier molecular flexibility index (Phi) is 5.61. The number of carboxylic acids is 1. The molecule has 1 aromatic rings. The van der Waals surface area contributed by atoms with Crippen molar-refractivity contribution in [3.8, 4) is 0 Å². The van der Waals surface area contributed by atoms with Crippen LogP contribution in [0.2, 0.25) is 0 Å². The van der Waals surface area contributed by atoms with Gasteiger partial charge in [0.25, 0.3) is 10.0 Å². The van der Waals surface area contributed by atoms with E-state index in [4.69, 9.17) is 9.84 Å². The van der Waals surface area contributed by atoms with Crippen molar-refractivity contribution in [2.45, 2.75) is 25.0 Å². The highest BCUT2D eigenvalue weighted by molar-refractivity contribution is 7.89. The van der Waals surface area contributed by atoms with Gasteiger partial charge in [-0.05, 0) is 18.1 Å². The first-order valence-electron chi connectivity index (χ1n) is 5.99. The zero-order chi connectivity index (χ0) is 15.3. The number of hydrogen-bond acceptors (Lipinski definition) is 5. The van der Waals surface area contributed by atoms with E-state index in [1.165, 1.54) is 13.2 Å². The number of nitrogens with zero attached hydrogens (tertiary/aromatic N) is 1. The number of carbonyl (C=O) groups is 1. The molecule has 2 N–H and O–H groups in total. The van der Waals surface area contributed by atoms with Crippen LogP contribution in [0.4, 0.5) is 0 Å². The maximum atomic E-state index is 12.0. The van der Waals surface area contributed by atoms with Gasteiger partial charge in [0.1, 0.15) is 0 Å². The molecule has 0 aliphatic heterocycles. The Hall–Kier alpha value is -1.51. The molecule has 1 unspecified atom stereocenters. The summed E-state index contributed by atoms with van der Waals surface area (Å²) in [5.74, 6) is -1.07. The molecule has 8 heteroatoms. The van der Waals surface area contributed by atoms with Crippen LogP contribution >= 0.6 is 0 Å². The number of rotatable bonds is 7. The largest absolute Gasteiger partial charge is 0.478 e. The smallest absolute Gasteiger partial charge is 0.335 e. The monoisotopic (exact) mass is 302 g/mol. The lowest BCUT2D eigenvalue weighted by Gasteiger charge is -2.19. The molecule has 0 radical (unpaired) electrons. The highest BCUT2D eigenvalue weighted by Gasteiger charge is 2.21. The first-order valence-corrected chi connectivity index (χ1v) is 7.48. The number of pyridine rings is 1. The van der Waals surface area contributed by atoms with Crippen molar-refractivity contribution in [3.63, 3.8) is 0 Å². The van der Waals surface area contributed by atoms with Crippen molar-refractivity contribution in [1.29, 1.82) is 0 Å². The van der Waals surface area contributed by atoms with Gasteiger partial charge in [-0.2, -0.15) is 0 Å². The number of nitrogens with one attached hydrogen (secondary N) is 1. The van der Waals surface area contributed by atoms with E-state index in [0.717, 1.165) is 12.3 Å². The van der Waals surface area contributed by atoms with Crippen molar-refractivity contribution in [1.82, 2.24) is 9.71 Å². The van der Waals surface area contributed by atoms with Crippen molar-refractivity contribution in [3.05, 3.63) is 23.9 Å². The standard InChI is InChI=1S/C12H18N2O5S/c1-8(2)10(19-3)7-14-20(17,18)11-6-9(12(15)16)4-5-13-11/h4-6,8,10,14H,7H2,1-3H3,(H,15,16). The number of aromatic carboxylic acids is 1. The molecule has 0 aromatic carbocycles. The molecule has 0 bridgehead atoms. The molecule has 1 aromatic heterocycles. The topological polar surface area (TPSA) is 106 Å². The molecule has 112 valence electrons. The van der Waals surface area contributed by atoms with E-state index in [1.807, 2.05) is 13.8 Å². The number of sulfonamides is 1. The van der Waals surface area contributed by atoms with Gasteiger partial charge >= 0.3 is 5.97 Å². The van der Waals surface area contributed by atoms with E-state index < -0.39 is 16.0 Å². The van der Waals surface area contributed by atoms with Crippen LogP contribution in [-0.4, -0.2) is 44.2 Å². The Morgan fingerprint density at radius 1 is 1.50 bits per heavy atom. The van der Waals surface area contributed by atoms with E-state index in [2.05, 4.69) is 9.71 Å². The predicted octanol–water partition coefficient (Wildman–Crippen LogP) is 0.729. The number of methoxy groups -OCH3 is 1. The van der Waals surface area contributed by atoms with Crippen LogP contribution in [0.5, 0.6) is 0 Å². The molecule has 1 heterocycles. The lowest BCUT2D eigenvalue weighted by Crippen LogP contribution is -2.36. The minimum absolute atomic E-state index is 0.0927. The maximum absolute atomic E-state index is 12.0. The summed E-state index contributed by atoms with van der Waals surface area (Å²) >= 11 is 0. The van der Waals surface area contributed by atoms with E-state index >= 15 is 0 Å². The summed E-state index contributed by atoms with van der Waals surface area (Å²) in [5, 5.41) is 8.52. The van der Waals surface area contributed by atoms with E-state index in [-0.39, 0.29) is 29.2 Å². The second kappa shape index (κ2) is 6.78. The van der Waals surface area contributed by atoms with E-state index in [9.17, 15) is 13.2 Å². The quantitative estimate of drug-likeness (QED) is 0.769. The molecule has 20 heavy (non-hydrogen) atoms. The van der Waals surface area contributed by atoms with Gasteiger partial charge in [0.05, 0.1) is 11.7 Å². The summed E-state index contributed by atoms with van der Waals surface area (Å²) in [6.45, 7) is 3.91. The van der Waals surface area contributed by atoms with Crippen LogP contribution in [0, 0.1) is 5.92 Å². The number of hydrogen-bond donors (Lipinski definition) is 2. The van der Waals surface area contributed by atoms with Gasteiger partial charge in [-0.3, -0.25) is 0 Å². The number of aromatic nitrogens is 1. The molecule has 0 aliphatic rings. The van der Waals surface area contributed by atoms with Crippen LogP contribution in [0.1, 0.15) is 24.2 Å². The Labute approximate surface area is 118 Å². The third-order valence-electron chi connectivity index (χ3n) is 2.78. The van der Waals surface area contributed by atoms with Gasteiger partial charge in [0.2, 0.25) is 0 Å². The average Bonchev–Trinajstić information content (AvgIpc) is 2.39. The second-order valence-corrected chi connectivity index (χ2v) is 6.27. The predicted molar refractivity (Wildman–Crippen MR) is 72.0 cm³/mol. The van der Waals surface area contributed by atoms with Crippen LogP contribution in [-0.2, 0) is 14.8 Å². The van der Waals surface area contributed by atoms with E-state index in [0.29, 0.717) is 0 Å². The summed E-state index contributed by atoms with van der Waals surface area (Å²) < 4.78 is 31.6. The average molecular weight is 302 g/mol. The molecule has 0 saturated heterocycles. The van der Waals surface area contributed by atoms with Gasteiger partial charge in [0.15, 0.2) is 5.03 Å². The van der Waals surface area contributed by atoms with E-state index in [1.54, 1.807) is 0 Å². The lowest BCUT2D eigenvalue weighted by atomic mass is 10.1. The van der Waals surface area contributed by atoms with Crippen LogP contribution in [0.3, 0.4) is 0 Å². The normalized spacial score (nSPS) is 13.4. The molecule has 1 rings (SSSR count). The fraction of sp³-hybridized carbons (Fsp3) is 0.500. The van der Waals surface area contributed by atoms with Crippen molar-refractivity contribution < 1.29 is 23.1 Å². The van der Waals surface area contributed by atoms with Crippen molar-refractivity contribution >= 4 is 16.0 Å². The molecule has 7 nitrogen and oxygen atoms in total. The second-order valence-electron chi connectivity index (χ2n) is 4.56. The van der Waals surface area contributed by atoms with Gasteiger partial charge in [-0.15, -0.1) is 0 Å². The van der Waals surface area contributed by atoms with Crippen molar-refractivity contribution in [2.24, 2.45) is 5.92 Å². The Bertz CT molecular complexity index is 571. The highest BCUT2D eigenvalue weighted by Crippen LogP contribution is 2.10. The third kappa shape index (κ3) is 4.26. The number of carboxylic acid groups (broad SMARTS) is 1. The molecule has 0 aliphatic carbocycles. The third-order valence-corrected chi connectivity index (χ3v) is 4.10. The first kappa shape index (κ1) is 16.5. The summed E-state index contributed by atoms with van der Waals surface area (Å²) in [6, 6.07) is 2.25. The Morgan fingerprint density at radius 2 is 2.15 bits per heavy atom. The van der Waals surface area contributed by atoms with Gasteiger partial charge < -0.3 is 9.84 Å². The van der Waals surface area contributed by atoms with Crippen molar-refractivity contribution in [2.75, 3.05) is 13.7 Å². The molecular formula is C12H18N2O5S. The summed E-state index contributed by atoms with van der Waals surface area (Å²) in [4.78, 5) is 14.5. The van der Waals surface area contributed by atoms with Crippen LogP contribution in [0.15, 0.2) is 23.4 Å². The van der Waals surface area contributed by atoms with Crippen LogP contribution < -0.4 is 4.72 Å². The first-order chi connectivity index (χ1) is 9.27. The number of ether oxygens (including phenoxy) is 1. The zero-order valence-electron chi connectivity index (χ0n) is 11.5. The van der Waals surface area contributed by atoms with Crippen LogP contribution in [0.25, 0.3) is 0 Å². The summed E-state index contributed by atoms with van der Waals surface area (Å²) in [7, 11) is -2.36. The van der Waals surface area contributed by atoms with Gasteiger partial charge in [-0.1, -0.05) is 13.8 Å². The Morgan fingerprint density at radius 3 is 2.65 bits per heavy atom. The SMILES string of the molecule is COC(CNS(=O)(=O)c1cc(C(=O)O)ccn1)C(C)C. The summed E-state index contributed by atoms with van der Waals surface area (Å²) in [5.41, 5.74) is -0.132. The molecule has 0 saturated carbocycles. The molecular weight excluding hydrogens is 284 g/mol. The molecule has 0 fully saturated rings. The minimum Gasteiger partial charge on any atom is -0.478 e. The fourth-order valence-electron chi connectivity index (χ4n) is 1.55. The molecule has 0 spiro atoms. The summed E-state index contributed by atoms with van der Waals surface area (Å²) in [6.07, 6.45) is 0.876. The molecule has 1 atom stereocenters. The van der Waals surface area contributed by atoms with Gasteiger partial charge in [0, 0.05) is 19.9 Å². The zero-order valence-corrected chi connectivity index (χ0v) is 12.3. The molecule has 0 amide bonds. The lowest BCUT2D eigenvalue weighted by molar-refractivity contribution is 0.0690. The highest BCUT2D eigenvalue weighted by atomic mass is 32.2. The fourth-order valence-corrected chi connectivity index (χ4v) is 2.56. The minimum atomic E-state index is -3.86. The maximum Gasteiger partial charge on any atom is 0.335 e. The van der Waals surface area contributed by atoms with Gasteiger partial charge in [-0.25, -0.2) is 22.9 Å².